The summed E-state index contributed by atoms with van der Waals surface area (Å²) in [4.78, 5) is 26.6. The number of hydrogen-bond donors (Lipinski definition) is 1. The van der Waals surface area contributed by atoms with Crippen LogP contribution in [0.2, 0.25) is 0 Å². The smallest absolute Gasteiger partial charge is 0.407 e. The molecule has 0 saturated carbocycles. The number of carbonyl (C=O) groups is 2. The van der Waals surface area contributed by atoms with Gasteiger partial charge in [-0.25, -0.2) is 9.18 Å². The molecule has 1 aromatic carbocycles. The number of allylic oxidation sites excluding steroid dienone is 1. The van der Waals surface area contributed by atoms with Gasteiger partial charge in [-0.2, -0.15) is 0 Å². The lowest BCUT2D eigenvalue weighted by Gasteiger charge is -2.41. The number of benzene rings is 1. The standard InChI is InChI=1S/C22H23FN2O4/c1-3-13-9-10-25(20(16(13)4-2)14-5-7-15(23)8-6-14)21(26)18-11-17-19(12-28-18)29-22(27)24-17/h3-8,17-20H,1-2,9-12H2,(H,24,27)/t17-,18+,19+,20-/m0/s1. The maximum atomic E-state index is 13.5. The molecule has 0 bridgehead atoms. The Kier molecular flexibility index (Phi) is 5.24. The van der Waals surface area contributed by atoms with Crippen molar-refractivity contribution in [2.75, 3.05) is 13.2 Å². The Bertz CT molecular complexity index is 879. The molecule has 6 nitrogen and oxygen atoms in total. The Morgan fingerprint density at radius 2 is 2.00 bits per heavy atom. The van der Waals surface area contributed by atoms with Crippen LogP contribution in [0.25, 0.3) is 0 Å². The Balaban J connectivity index is 1.64. The van der Waals surface area contributed by atoms with E-state index in [1.165, 1.54) is 12.1 Å². The maximum absolute atomic E-state index is 13.5. The van der Waals surface area contributed by atoms with Gasteiger partial charge >= 0.3 is 6.09 Å². The van der Waals surface area contributed by atoms with E-state index in [0.717, 1.165) is 16.7 Å². The number of fused-ring (bicyclic) bond motifs is 1. The van der Waals surface area contributed by atoms with Crippen LogP contribution < -0.4 is 5.32 Å². The number of nitrogens with zero attached hydrogens (tertiary/aromatic N) is 1. The van der Waals surface area contributed by atoms with Crippen LogP contribution >= 0.6 is 0 Å². The molecule has 29 heavy (non-hydrogen) atoms. The van der Waals surface area contributed by atoms with E-state index in [4.69, 9.17) is 9.47 Å². The zero-order valence-corrected chi connectivity index (χ0v) is 16.0. The molecule has 1 aromatic rings. The number of amides is 2. The second-order valence-corrected chi connectivity index (χ2v) is 7.38. The number of rotatable bonds is 4. The number of alkyl carbamates (subject to hydrolysis) is 1. The highest BCUT2D eigenvalue weighted by Gasteiger charge is 2.44. The summed E-state index contributed by atoms with van der Waals surface area (Å²) in [7, 11) is 0. The van der Waals surface area contributed by atoms with E-state index < -0.39 is 18.2 Å². The molecule has 4 atom stereocenters. The molecule has 0 spiro atoms. The molecule has 4 rings (SSSR count). The topological polar surface area (TPSA) is 67.9 Å². The van der Waals surface area contributed by atoms with Crippen molar-refractivity contribution in [3.05, 3.63) is 72.1 Å². The third-order valence-electron chi connectivity index (χ3n) is 5.75. The minimum absolute atomic E-state index is 0.165. The number of hydrogen-bond acceptors (Lipinski definition) is 4. The fraction of sp³-hybridized carbons (Fsp3) is 0.364. The van der Waals surface area contributed by atoms with E-state index in [9.17, 15) is 14.0 Å². The zero-order chi connectivity index (χ0) is 20.5. The van der Waals surface area contributed by atoms with Crippen molar-refractivity contribution in [1.29, 1.82) is 0 Å². The SMILES string of the molecule is C=CC1=C(C=C)[C@H](c2ccc(F)cc2)N(C(=O)[C@H]2C[C@@H]3NC(=O)O[C@@H]3CO2)CC1. The minimum atomic E-state index is -0.683. The molecule has 0 radical (unpaired) electrons. The molecule has 152 valence electrons. The first kappa shape index (κ1) is 19.4. The van der Waals surface area contributed by atoms with E-state index in [-0.39, 0.29) is 30.5 Å². The Morgan fingerprint density at radius 1 is 1.24 bits per heavy atom. The van der Waals surface area contributed by atoms with E-state index in [1.54, 1.807) is 29.2 Å². The van der Waals surface area contributed by atoms with Crippen molar-refractivity contribution in [3.63, 3.8) is 0 Å². The molecule has 0 unspecified atom stereocenters. The van der Waals surface area contributed by atoms with Crippen LogP contribution in [0.1, 0.15) is 24.4 Å². The molecule has 2 amide bonds. The molecule has 7 heteroatoms. The van der Waals surface area contributed by atoms with E-state index in [0.29, 0.717) is 19.4 Å². The van der Waals surface area contributed by atoms with Gasteiger partial charge in [-0.3, -0.25) is 4.79 Å². The monoisotopic (exact) mass is 398 g/mol. The fourth-order valence-electron chi connectivity index (χ4n) is 4.29. The second kappa shape index (κ2) is 7.83. The van der Waals surface area contributed by atoms with Crippen LogP contribution in [0.5, 0.6) is 0 Å². The van der Waals surface area contributed by atoms with E-state index >= 15 is 0 Å². The fourth-order valence-corrected chi connectivity index (χ4v) is 4.29. The minimum Gasteiger partial charge on any atom is -0.442 e. The highest BCUT2D eigenvalue weighted by atomic mass is 19.1. The van der Waals surface area contributed by atoms with Crippen molar-refractivity contribution in [2.24, 2.45) is 0 Å². The van der Waals surface area contributed by atoms with Gasteiger partial charge in [0.2, 0.25) is 0 Å². The Labute approximate surface area is 168 Å². The van der Waals surface area contributed by atoms with Crippen molar-refractivity contribution in [1.82, 2.24) is 10.2 Å². The summed E-state index contributed by atoms with van der Waals surface area (Å²) in [5, 5.41) is 2.74. The summed E-state index contributed by atoms with van der Waals surface area (Å²) in [5.74, 6) is -0.504. The third-order valence-corrected chi connectivity index (χ3v) is 5.75. The van der Waals surface area contributed by atoms with Crippen molar-refractivity contribution in [2.45, 2.75) is 37.1 Å². The van der Waals surface area contributed by atoms with Crippen LogP contribution in [0, 0.1) is 5.82 Å². The second-order valence-electron chi connectivity index (χ2n) is 7.38. The predicted molar refractivity (Wildman–Crippen MR) is 104 cm³/mol. The molecule has 0 aliphatic carbocycles. The van der Waals surface area contributed by atoms with E-state index in [2.05, 4.69) is 18.5 Å². The molecular weight excluding hydrogens is 375 g/mol. The zero-order valence-electron chi connectivity index (χ0n) is 16.0. The van der Waals surface area contributed by atoms with Gasteiger partial charge in [0.1, 0.15) is 18.0 Å². The molecule has 0 aromatic heterocycles. The quantitative estimate of drug-likeness (QED) is 0.847. The lowest BCUT2D eigenvalue weighted by atomic mass is 9.87. The van der Waals surface area contributed by atoms with Crippen molar-refractivity contribution >= 4 is 12.0 Å². The summed E-state index contributed by atoms with van der Waals surface area (Å²) in [6.07, 6.45) is 2.98. The maximum Gasteiger partial charge on any atom is 0.407 e. The lowest BCUT2D eigenvalue weighted by Crippen LogP contribution is -2.52. The molecule has 3 heterocycles. The first-order valence-corrected chi connectivity index (χ1v) is 9.64. The number of carbonyl (C=O) groups excluding carboxylic acids is 2. The molecular formula is C22H23FN2O4. The van der Waals surface area contributed by atoms with Gasteiger partial charge in [0, 0.05) is 13.0 Å². The van der Waals surface area contributed by atoms with Crippen LogP contribution in [0.4, 0.5) is 9.18 Å². The first-order chi connectivity index (χ1) is 14.0. The Morgan fingerprint density at radius 3 is 2.69 bits per heavy atom. The molecule has 2 saturated heterocycles. The predicted octanol–water partition coefficient (Wildman–Crippen LogP) is 3.03. The van der Waals surface area contributed by atoms with Crippen LogP contribution in [-0.4, -0.2) is 48.3 Å². The van der Waals surface area contributed by atoms with Crippen LogP contribution in [-0.2, 0) is 14.3 Å². The first-order valence-electron chi connectivity index (χ1n) is 9.64. The molecule has 3 aliphatic heterocycles. The summed E-state index contributed by atoms with van der Waals surface area (Å²) in [6, 6.07) is 5.48. The average molecular weight is 398 g/mol. The number of halogens is 1. The highest BCUT2D eigenvalue weighted by Crippen LogP contribution is 2.38. The summed E-state index contributed by atoms with van der Waals surface area (Å²) in [5.41, 5.74) is 2.68. The van der Waals surface area contributed by atoms with Gasteiger partial charge in [-0.1, -0.05) is 37.4 Å². The number of ether oxygens (including phenoxy) is 2. The summed E-state index contributed by atoms with van der Waals surface area (Å²) in [6.45, 7) is 8.46. The van der Waals surface area contributed by atoms with Crippen molar-refractivity contribution in [3.8, 4) is 0 Å². The molecule has 2 fully saturated rings. The van der Waals surface area contributed by atoms with Crippen molar-refractivity contribution < 1.29 is 23.5 Å². The number of nitrogens with one attached hydrogen (secondary N) is 1. The normalized spacial score (nSPS) is 29.0. The highest BCUT2D eigenvalue weighted by molar-refractivity contribution is 5.83. The van der Waals surface area contributed by atoms with Gasteiger partial charge in [0.25, 0.3) is 5.91 Å². The Hall–Kier alpha value is -2.93. The van der Waals surface area contributed by atoms with Gasteiger partial charge < -0.3 is 19.7 Å². The largest absolute Gasteiger partial charge is 0.442 e. The summed E-state index contributed by atoms with van der Waals surface area (Å²) < 4.78 is 24.4. The van der Waals surface area contributed by atoms with Gasteiger partial charge in [0.15, 0.2) is 0 Å². The van der Waals surface area contributed by atoms with E-state index in [1.807, 2.05) is 0 Å². The van der Waals surface area contributed by atoms with Crippen LogP contribution in [0.3, 0.4) is 0 Å². The molecule has 1 N–H and O–H groups in total. The van der Waals surface area contributed by atoms with Gasteiger partial charge in [-0.05, 0) is 35.3 Å². The molecule has 3 aliphatic rings. The lowest BCUT2D eigenvalue weighted by molar-refractivity contribution is -0.153. The summed E-state index contributed by atoms with van der Waals surface area (Å²) >= 11 is 0. The van der Waals surface area contributed by atoms with Crippen LogP contribution in [0.15, 0.2) is 60.7 Å². The van der Waals surface area contributed by atoms with Gasteiger partial charge in [0.05, 0.1) is 18.7 Å². The third kappa shape index (κ3) is 3.58. The van der Waals surface area contributed by atoms with Gasteiger partial charge in [-0.15, -0.1) is 0 Å². The average Bonchev–Trinajstić information content (AvgIpc) is 3.11.